The minimum absolute atomic E-state index is 0.437. The van der Waals surface area contributed by atoms with E-state index in [1.807, 2.05) is 6.08 Å². The molecule has 0 bridgehead atoms. The summed E-state index contributed by atoms with van der Waals surface area (Å²) in [5, 5.41) is 19.2. The SMILES string of the molecule is CCCCC/C=C\C[C@]1(O)C=CC(O)C1. The van der Waals surface area contributed by atoms with Gasteiger partial charge in [-0.15, -0.1) is 0 Å². The van der Waals surface area contributed by atoms with Gasteiger partial charge in [0.25, 0.3) is 0 Å². The molecule has 0 saturated heterocycles. The fraction of sp³-hybridized carbons (Fsp3) is 0.692. The summed E-state index contributed by atoms with van der Waals surface area (Å²) in [5.41, 5.74) is -0.805. The third-order valence-corrected chi connectivity index (χ3v) is 2.80. The molecule has 0 aliphatic heterocycles. The number of aliphatic hydroxyl groups is 2. The van der Waals surface area contributed by atoms with Crippen LogP contribution in [0.2, 0.25) is 0 Å². The first kappa shape index (κ1) is 12.5. The molecule has 86 valence electrons. The van der Waals surface area contributed by atoms with Gasteiger partial charge in [0.15, 0.2) is 0 Å². The maximum Gasteiger partial charge on any atom is 0.0890 e. The van der Waals surface area contributed by atoms with E-state index in [0.29, 0.717) is 12.8 Å². The van der Waals surface area contributed by atoms with Crippen LogP contribution in [0.15, 0.2) is 24.3 Å². The van der Waals surface area contributed by atoms with E-state index in [1.165, 1.54) is 19.3 Å². The van der Waals surface area contributed by atoms with E-state index in [0.717, 1.165) is 6.42 Å². The maximum atomic E-state index is 9.97. The van der Waals surface area contributed by atoms with Gasteiger partial charge in [-0.2, -0.15) is 0 Å². The molecule has 0 saturated carbocycles. The summed E-state index contributed by atoms with van der Waals surface area (Å²) in [6.07, 6.45) is 13.0. The fourth-order valence-corrected chi connectivity index (χ4v) is 1.86. The van der Waals surface area contributed by atoms with E-state index in [4.69, 9.17) is 0 Å². The molecule has 1 rings (SSSR count). The van der Waals surface area contributed by atoms with Crippen molar-refractivity contribution in [1.29, 1.82) is 0 Å². The lowest BCUT2D eigenvalue weighted by molar-refractivity contribution is 0.0607. The summed E-state index contributed by atoms with van der Waals surface area (Å²) in [7, 11) is 0. The Morgan fingerprint density at radius 1 is 1.40 bits per heavy atom. The van der Waals surface area contributed by atoms with E-state index in [2.05, 4.69) is 13.0 Å². The molecule has 0 amide bonds. The molecule has 0 aromatic heterocycles. The summed E-state index contributed by atoms with van der Waals surface area (Å²) in [5.74, 6) is 0. The van der Waals surface area contributed by atoms with E-state index in [9.17, 15) is 10.2 Å². The van der Waals surface area contributed by atoms with E-state index < -0.39 is 11.7 Å². The van der Waals surface area contributed by atoms with Crippen LogP contribution in [0.3, 0.4) is 0 Å². The van der Waals surface area contributed by atoms with Gasteiger partial charge in [0.2, 0.25) is 0 Å². The van der Waals surface area contributed by atoms with Crippen LogP contribution in [-0.2, 0) is 0 Å². The highest BCUT2D eigenvalue weighted by atomic mass is 16.3. The lowest BCUT2D eigenvalue weighted by atomic mass is 9.98. The topological polar surface area (TPSA) is 40.5 Å². The fourth-order valence-electron chi connectivity index (χ4n) is 1.86. The van der Waals surface area contributed by atoms with Crippen LogP contribution in [0.5, 0.6) is 0 Å². The number of unbranched alkanes of at least 4 members (excludes halogenated alkanes) is 3. The molecule has 2 nitrogen and oxygen atoms in total. The Kier molecular flexibility index (Phi) is 5.06. The average Bonchev–Trinajstić information content (AvgIpc) is 2.53. The third kappa shape index (κ3) is 4.63. The molecular weight excluding hydrogens is 188 g/mol. The zero-order valence-electron chi connectivity index (χ0n) is 9.52. The monoisotopic (exact) mass is 210 g/mol. The van der Waals surface area contributed by atoms with Gasteiger partial charge in [-0.25, -0.2) is 0 Å². The first-order valence-electron chi connectivity index (χ1n) is 5.91. The molecule has 0 aromatic rings. The summed E-state index contributed by atoms with van der Waals surface area (Å²) >= 11 is 0. The van der Waals surface area contributed by atoms with Crippen molar-refractivity contribution in [3.63, 3.8) is 0 Å². The van der Waals surface area contributed by atoms with Crippen LogP contribution in [0.1, 0.15) is 45.4 Å². The molecule has 2 atom stereocenters. The summed E-state index contributed by atoms with van der Waals surface area (Å²) in [6.45, 7) is 2.19. The van der Waals surface area contributed by atoms with E-state index >= 15 is 0 Å². The van der Waals surface area contributed by atoms with Crippen LogP contribution in [0.4, 0.5) is 0 Å². The Morgan fingerprint density at radius 2 is 2.20 bits per heavy atom. The highest BCUT2D eigenvalue weighted by Crippen LogP contribution is 2.26. The Hall–Kier alpha value is -0.600. The van der Waals surface area contributed by atoms with Gasteiger partial charge < -0.3 is 10.2 Å². The van der Waals surface area contributed by atoms with Crippen LogP contribution < -0.4 is 0 Å². The molecule has 2 N–H and O–H groups in total. The smallest absolute Gasteiger partial charge is 0.0890 e. The lowest BCUT2D eigenvalue weighted by Gasteiger charge is -2.18. The first-order chi connectivity index (χ1) is 7.16. The van der Waals surface area contributed by atoms with Crippen LogP contribution in [0.25, 0.3) is 0 Å². The second-order valence-electron chi connectivity index (χ2n) is 4.41. The minimum Gasteiger partial charge on any atom is -0.389 e. The molecule has 0 fully saturated rings. The molecule has 0 aromatic carbocycles. The predicted octanol–water partition coefficient (Wildman–Crippen LogP) is 2.56. The Balaban J connectivity index is 2.16. The molecule has 1 aliphatic carbocycles. The number of hydrogen-bond donors (Lipinski definition) is 2. The van der Waals surface area contributed by atoms with Crippen molar-refractivity contribution in [1.82, 2.24) is 0 Å². The van der Waals surface area contributed by atoms with E-state index in [-0.39, 0.29) is 0 Å². The van der Waals surface area contributed by atoms with Gasteiger partial charge in [-0.1, -0.05) is 44.1 Å². The van der Waals surface area contributed by atoms with Crippen molar-refractivity contribution in [2.45, 2.75) is 57.2 Å². The van der Waals surface area contributed by atoms with Gasteiger partial charge in [0.1, 0.15) is 0 Å². The molecule has 0 spiro atoms. The van der Waals surface area contributed by atoms with E-state index in [1.54, 1.807) is 12.2 Å². The second kappa shape index (κ2) is 6.09. The molecule has 1 unspecified atom stereocenters. The summed E-state index contributed by atoms with van der Waals surface area (Å²) in [4.78, 5) is 0. The summed E-state index contributed by atoms with van der Waals surface area (Å²) < 4.78 is 0. The Morgan fingerprint density at radius 3 is 2.80 bits per heavy atom. The molecule has 0 radical (unpaired) electrons. The van der Waals surface area contributed by atoms with Crippen LogP contribution in [-0.4, -0.2) is 21.9 Å². The number of hydrogen-bond acceptors (Lipinski definition) is 2. The second-order valence-corrected chi connectivity index (χ2v) is 4.41. The normalized spacial score (nSPS) is 30.5. The van der Waals surface area contributed by atoms with Crippen molar-refractivity contribution in [3.8, 4) is 0 Å². The first-order valence-corrected chi connectivity index (χ1v) is 5.91. The highest BCUT2D eigenvalue weighted by Gasteiger charge is 2.29. The molecule has 0 heterocycles. The zero-order chi connectivity index (χ0) is 11.1. The average molecular weight is 210 g/mol. The van der Waals surface area contributed by atoms with Crippen molar-refractivity contribution >= 4 is 0 Å². The minimum atomic E-state index is -0.805. The van der Waals surface area contributed by atoms with Crippen molar-refractivity contribution in [2.24, 2.45) is 0 Å². The third-order valence-electron chi connectivity index (χ3n) is 2.80. The maximum absolute atomic E-state index is 9.97. The lowest BCUT2D eigenvalue weighted by Crippen LogP contribution is -2.24. The quantitative estimate of drug-likeness (QED) is 0.522. The van der Waals surface area contributed by atoms with Crippen LogP contribution >= 0.6 is 0 Å². The standard InChI is InChI=1S/C13H22O2/c1-2-3-4-5-6-7-9-13(15)10-8-12(14)11-13/h6-8,10,12,14-15H,2-5,9,11H2,1H3/b7-6-/t12?,13-/m0/s1. The van der Waals surface area contributed by atoms with Crippen molar-refractivity contribution in [2.75, 3.05) is 0 Å². The number of aliphatic hydroxyl groups excluding tert-OH is 1. The molecular formula is C13H22O2. The van der Waals surface area contributed by atoms with Crippen LogP contribution in [0, 0.1) is 0 Å². The molecule has 2 heteroatoms. The van der Waals surface area contributed by atoms with Gasteiger partial charge in [0, 0.05) is 6.42 Å². The van der Waals surface area contributed by atoms with Gasteiger partial charge in [-0.3, -0.25) is 0 Å². The predicted molar refractivity (Wildman–Crippen MR) is 62.6 cm³/mol. The Labute approximate surface area is 92.3 Å². The highest BCUT2D eigenvalue weighted by molar-refractivity contribution is 5.14. The van der Waals surface area contributed by atoms with Gasteiger partial charge in [-0.05, 0) is 19.3 Å². The number of rotatable bonds is 6. The van der Waals surface area contributed by atoms with Crippen molar-refractivity contribution in [3.05, 3.63) is 24.3 Å². The van der Waals surface area contributed by atoms with Gasteiger partial charge in [0.05, 0.1) is 11.7 Å². The molecule has 1 aliphatic rings. The largest absolute Gasteiger partial charge is 0.389 e. The Bertz CT molecular complexity index is 233. The number of allylic oxidation sites excluding steroid dienone is 1. The van der Waals surface area contributed by atoms with Gasteiger partial charge >= 0.3 is 0 Å². The summed E-state index contributed by atoms with van der Waals surface area (Å²) in [6, 6.07) is 0. The zero-order valence-corrected chi connectivity index (χ0v) is 9.52. The molecule has 15 heavy (non-hydrogen) atoms. The van der Waals surface area contributed by atoms with Crippen molar-refractivity contribution < 1.29 is 10.2 Å².